The van der Waals surface area contributed by atoms with Crippen LogP contribution < -0.4 is 5.32 Å². The Balaban J connectivity index is 0.000000580. The van der Waals surface area contributed by atoms with Crippen LogP contribution in [0.4, 0.5) is 0 Å². The number of hydrogen-bond donors (Lipinski definition) is 1. The maximum Gasteiger partial charge on any atom is 0.0107 e. The van der Waals surface area contributed by atoms with Crippen LogP contribution in [0.3, 0.4) is 0 Å². The first kappa shape index (κ1) is 34.9. The van der Waals surface area contributed by atoms with Crippen LogP contribution in [0.15, 0.2) is 0 Å². The SMILES string of the molecule is CC.CC.CCCC1CCC(CN2CCNCC2)CC1.CCCN(CC)CC1CCC(CC)CC1. The molecule has 1 N–H and O–H groups in total. The molecule has 3 heteroatoms. The van der Waals surface area contributed by atoms with E-state index in [-0.39, 0.29) is 0 Å². The summed E-state index contributed by atoms with van der Waals surface area (Å²) in [5, 5.41) is 3.43. The highest BCUT2D eigenvalue weighted by Gasteiger charge is 2.23. The molecule has 0 aromatic rings. The van der Waals surface area contributed by atoms with Crippen molar-refractivity contribution in [3.63, 3.8) is 0 Å². The first-order chi connectivity index (χ1) is 17.2. The third-order valence-electron chi connectivity index (χ3n) is 8.44. The van der Waals surface area contributed by atoms with Gasteiger partial charge in [0.2, 0.25) is 0 Å². The molecule has 35 heavy (non-hydrogen) atoms. The van der Waals surface area contributed by atoms with Crippen LogP contribution in [0, 0.1) is 23.7 Å². The molecule has 0 spiro atoms. The molecular weight excluding hydrogens is 426 g/mol. The fourth-order valence-electron chi connectivity index (χ4n) is 6.25. The summed E-state index contributed by atoms with van der Waals surface area (Å²) < 4.78 is 0. The second-order valence-corrected chi connectivity index (χ2v) is 10.9. The van der Waals surface area contributed by atoms with Crippen molar-refractivity contribution >= 4 is 0 Å². The third-order valence-corrected chi connectivity index (χ3v) is 8.44. The second kappa shape index (κ2) is 24.2. The summed E-state index contributed by atoms with van der Waals surface area (Å²) >= 11 is 0. The van der Waals surface area contributed by atoms with Crippen molar-refractivity contribution < 1.29 is 0 Å². The van der Waals surface area contributed by atoms with E-state index in [0.29, 0.717) is 0 Å². The second-order valence-electron chi connectivity index (χ2n) is 10.9. The molecule has 1 saturated heterocycles. The number of nitrogens with one attached hydrogen (secondary N) is 1. The molecule has 2 saturated carbocycles. The van der Waals surface area contributed by atoms with E-state index in [0.717, 1.165) is 23.7 Å². The smallest absolute Gasteiger partial charge is 0.0107 e. The Labute approximate surface area is 223 Å². The van der Waals surface area contributed by atoms with E-state index < -0.39 is 0 Å². The summed E-state index contributed by atoms with van der Waals surface area (Å²) in [6, 6.07) is 0. The molecule has 3 nitrogen and oxygen atoms in total. The van der Waals surface area contributed by atoms with Gasteiger partial charge in [-0.25, -0.2) is 0 Å². The Morgan fingerprint density at radius 1 is 0.657 bits per heavy atom. The summed E-state index contributed by atoms with van der Waals surface area (Å²) in [4.78, 5) is 5.30. The molecule has 3 aliphatic rings. The lowest BCUT2D eigenvalue weighted by atomic mass is 9.80. The fraction of sp³-hybridized carbons (Fsp3) is 1.00. The van der Waals surface area contributed by atoms with E-state index in [1.54, 1.807) is 0 Å². The van der Waals surface area contributed by atoms with Crippen LogP contribution in [0.5, 0.6) is 0 Å². The average molecular weight is 496 g/mol. The van der Waals surface area contributed by atoms with Gasteiger partial charge in [-0.1, -0.05) is 100 Å². The molecule has 3 rings (SSSR count). The Bertz CT molecular complexity index is 405. The zero-order valence-electron chi connectivity index (χ0n) is 25.8. The van der Waals surface area contributed by atoms with Crippen molar-refractivity contribution in [3.8, 4) is 0 Å². The van der Waals surface area contributed by atoms with Gasteiger partial charge in [0.05, 0.1) is 0 Å². The van der Waals surface area contributed by atoms with E-state index in [4.69, 9.17) is 0 Å². The summed E-state index contributed by atoms with van der Waals surface area (Å²) in [6.45, 7) is 27.5. The third kappa shape index (κ3) is 16.4. The summed E-state index contributed by atoms with van der Waals surface area (Å²) in [7, 11) is 0. The van der Waals surface area contributed by atoms with Crippen molar-refractivity contribution in [2.45, 2.75) is 132 Å². The molecule has 0 bridgehead atoms. The summed E-state index contributed by atoms with van der Waals surface area (Å²) in [6.07, 6.45) is 17.5. The molecular formula is C32H69N3. The maximum absolute atomic E-state index is 3.43. The van der Waals surface area contributed by atoms with Gasteiger partial charge in [-0.3, -0.25) is 0 Å². The normalized spacial score (nSPS) is 27.0. The average Bonchev–Trinajstić information content (AvgIpc) is 2.93. The minimum atomic E-state index is 0.999. The highest BCUT2D eigenvalue weighted by molar-refractivity contribution is 4.77. The molecule has 0 amide bonds. The van der Waals surface area contributed by atoms with Gasteiger partial charge >= 0.3 is 0 Å². The van der Waals surface area contributed by atoms with Crippen LogP contribution in [0.25, 0.3) is 0 Å². The first-order valence-electron chi connectivity index (χ1n) is 16.3. The number of rotatable bonds is 10. The zero-order chi connectivity index (χ0) is 26.3. The molecule has 2 aliphatic carbocycles. The Hall–Kier alpha value is -0.120. The number of hydrogen-bond acceptors (Lipinski definition) is 3. The minimum Gasteiger partial charge on any atom is -0.314 e. The van der Waals surface area contributed by atoms with E-state index in [1.165, 1.54) is 129 Å². The van der Waals surface area contributed by atoms with Crippen molar-refractivity contribution in [1.82, 2.24) is 15.1 Å². The van der Waals surface area contributed by atoms with Crippen molar-refractivity contribution in [2.75, 3.05) is 52.4 Å². The van der Waals surface area contributed by atoms with Gasteiger partial charge in [0.1, 0.15) is 0 Å². The van der Waals surface area contributed by atoms with Crippen LogP contribution in [0.1, 0.15) is 132 Å². The molecule has 1 aliphatic heterocycles. The van der Waals surface area contributed by atoms with Gasteiger partial charge in [-0.2, -0.15) is 0 Å². The Morgan fingerprint density at radius 3 is 1.66 bits per heavy atom. The summed E-state index contributed by atoms with van der Waals surface area (Å²) in [5.41, 5.74) is 0. The van der Waals surface area contributed by atoms with Gasteiger partial charge in [-0.15, -0.1) is 0 Å². The molecule has 0 radical (unpaired) electrons. The molecule has 212 valence electrons. The lowest BCUT2D eigenvalue weighted by Crippen LogP contribution is -2.45. The van der Waals surface area contributed by atoms with Crippen LogP contribution in [-0.4, -0.2) is 62.2 Å². The van der Waals surface area contributed by atoms with Gasteiger partial charge in [0, 0.05) is 39.3 Å². The van der Waals surface area contributed by atoms with Crippen LogP contribution in [-0.2, 0) is 0 Å². The highest BCUT2D eigenvalue weighted by atomic mass is 15.2. The molecule has 0 atom stereocenters. The molecule has 0 unspecified atom stereocenters. The van der Waals surface area contributed by atoms with E-state index >= 15 is 0 Å². The van der Waals surface area contributed by atoms with Gasteiger partial charge in [-0.05, 0) is 68.9 Å². The fourth-order valence-corrected chi connectivity index (χ4v) is 6.25. The van der Waals surface area contributed by atoms with E-state index in [2.05, 4.69) is 42.8 Å². The monoisotopic (exact) mass is 496 g/mol. The molecule has 1 heterocycles. The first-order valence-corrected chi connectivity index (χ1v) is 16.3. The maximum atomic E-state index is 3.43. The molecule has 0 aromatic carbocycles. The number of nitrogens with zero attached hydrogens (tertiary/aromatic N) is 2. The number of piperazine rings is 1. The van der Waals surface area contributed by atoms with E-state index in [1.807, 2.05) is 27.7 Å². The van der Waals surface area contributed by atoms with Crippen LogP contribution in [0.2, 0.25) is 0 Å². The van der Waals surface area contributed by atoms with Gasteiger partial charge in [0.15, 0.2) is 0 Å². The van der Waals surface area contributed by atoms with E-state index in [9.17, 15) is 0 Å². The predicted molar refractivity (Wildman–Crippen MR) is 161 cm³/mol. The van der Waals surface area contributed by atoms with Crippen LogP contribution >= 0.6 is 0 Å². The highest BCUT2D eigenvalue weighted by Crippen LogP contribution is 2.32. The standard InChI is InChI=1S/C14H28N2.C14H29N.2C2H6/c1-2-3-13-4-6-14(7-5-13)12-16-10-8-15-9-11-16;1-4-11-15(6-3)12-14-9-7-13(5-2)8-10-14;2*1-2/h13-15H,2-12H2,1H3;13-14H,4-12H2,1-3H3;2*1-2H3. The van der Waals surface area contributed by atoms with Crippen molar-refractivity contribution in [2.24, 2.45) is 23.7 Å². The topological polar surface area (TPSA) is 18.5 Å². The zero-order valence-corrected chi connectivity index (χ0v) is 25.8. The Morgan fingerprint density at radius 2 is 1.17 bits per heavy atom. The predicted octanol–water partition coefficient (Wildman–Crippen LogP) is 8.49. The summed E-state index contributed by atoms with van der Waals surface area (Å²) in [5.74, 6) is 4.11. The van der Waals surface area contributed by atoms with Crippen molar-refractivity contribution in [3.05, 3.63) is 0 Å². The Kier molecular flexibility index (Phi) is 24.1. The lowest BCUT2D eigenvalue weighted by molar-refractivity contribution is 0.163. The van der Waals surface area contributed by atoms with Crippen molar-refractivity contribution in [1.29, 1.82) is 0 Å². The molecule has 3 fully saturated rings. The van der Waals surface area contributed by atoms with Gasteiger partial charge in [0.25, 0.3) is 0 Å². The molecule has 0 aromatic heterocycles. The minimum absolute atomic E-state index is 0.999. The largest absolute Gasteiger partial charge is 0.314 e. The quantitative estimate of drug-likeness (QED) is 0.328. The van der Waals surface area contributed by atoms with Gasteiger partial charge < -0.3 is 15.1 Å². The lowest BCUT2D eigenvalue weighted by Gasteiger charge is -2.34.